The van der Waals surface area contributed by atoms with Gasteiger partial charge in [0, 0.05) is 55.2 Å². The molecular weight excluding hydrogens is 828 g/mol. The van der Waals surface area contributed by atoms with Gasteiger partial charge in [-0.1, -0.05) is 145 Å². The second-order valence-electron chi connectivity index (χ2n) is 13.5. The molecule has 2 fully saturated rings. The number of hydrogen-bond acceptors (Lipinski definition) is 2. The van der Waals surface area contributed by atoms with Gasteiger partial charge in [-0.25, -0.2) is 0 Å². The lowest BCUT2D eigenvalue weighted by atomic mass is 9.68. The molecule has 0 saturated carbocycles. The molecule has 2 saturated heterocycles. The zero-order valence-electron chi connectivity index (χ0n) is 26.3. The summed E-state index contributed by atoms with van der Waals surface area (Å²) in [4.78, 5) is 2.48. The smallest absolute Gasteiger partial charge is 0.0553 e. The minimum atomic E-state index is 0.0102. The standard InChI is InChI=1S/C25H25Br2N.C15H13Br2N/c1-24(2,3)18-10-12-23(13-11-18)28-16-25(17-28,19-6-4-8-21(26)14-19)20-7-5-9-22(27)15-20;16-13-5-1-3-11(7-13)15(9-18-10-15)12-4-2-6-14(17)8-12/h4-15H,16-17H2,1-3H3;1-8,18H,9-10H2. The van der Waals surface area contributed by atoms with E-state index in [1.54, 1.807) is 0 Å². The molecule has 2 aliphatic rings. The first-order valence-electron chi connectivity index (χ1n) is 15.6. The number of nitrogens with one attached hydrogen (secondary N) is 1. The zero-order chi connectivity index (χ0) is 32.5. The fraction of sp³-hybridized carbons (Fsp3) is 0.250. The van der Waals surface area contributed by atoms with Gasteiger partial charge in [0.2, 0.25) is 0 Å². The van der Waals surface area contributed by atoms with E-state index in [2.05, 4.69) is 216 Å². The van der Waals surface area contributed by atoms with Crippen LogP contribution >= 0.6 is 63.7 Å². The van der Waals surface area contributed by atoms with E-state index in [1.807, 2.05) is 0 Å². The van der Waals surface area contributed by atoms with Crippen LogP contribution in [0.3, 0.4) is 0 Å². The van der Waals surface area contributed by atoms with Gasteiger partial charge in [0.05, 0.1) is 5.41 Å². The molecule has 0 unspecified atom stereocenters. The normalized spacial score (nSPS) is 16.5. The van der Waals surface area contributed by atoms with E-state index in [-0.39, 0.29) is 16.2 Å². The molecule has 2 heterocycles. The monoisotopic (exact) mass is 862 g/mol. The summed E-state index contributed by atoms with van der Waals surface area (Å²) in [5.74, 6) is 0. The van der Waals surface area contributed by atoms with Crippen LogP contribution in [0.15, 0.2) is 139 Å². The fourth-order valence-electron chi connectivity index (χ4n) is 6.59. The van der Waals surface area contributed by atoms with E-state index in [9.17, 15) is 0 Å². The van der Waals surface area contributed by atoms with Gasteiger partial charge in [-0.05, 0) is 93.9 Å². The van der Waals surface area contributed by atoms with Crippen molar-refractivity contribution in [2.75, 3.05) is 31.1 Å². The van der Waals surface area contributed by atoms with Crippen molar-refractivity contribution < 1.29 is 0 Å². The van der Waals surface area contributed by atoms with E-state index in [0.29, 0.717) is 0 Å². The average Bonchev–Trinajstić information content (AvgIpc) is 2.97. The Morgan fingerprint density at radius 2 is 0.891 bits per heavy atom. The number of rotatable bonds is 5. The van der Waals surface area contributed by atoms with Crippen LogP contribution in [0.25, 0.3) is 0 Å². The molecule has 0 aliphatic carbocycles. The molecular formula is C40H38Br4N2. The topological polar surface area (TPSA) is 15.3 Å². The lowest BCUT2D eigenvalue weighted by Crippen LogP contribution is -2.60. The summed E-state index contributed by atoms with van der Waals surface area (Å²) in [6.07, 6.45) is 0. The van der Waals surface area contributed by atoms with Gasteiger partial charge in [-0.2, -0.15) is 0 Å². The molecule has 2 nitrogen and oxygen atoms in total. The van der Waals surface area contributed by atoms with Crippen LogP contribution < -0.4 is 10.2 Å². The van der Waals surface area contributed by atoms with Crippen LogP contribution in [0.4, 0.5) is 5.69 Å². The first-order chi connectivity index (χ1) is 22.0. The van der Waals surface area contributed by atoms with Crippen LogP contribution in [0.1, 0.15) is 48.6 Å². The fourth-order valence-corrected chi connectivity index (χ4v) is 8.18. The number of nitrogens with zero attached hydrogens (tertiary/aromatic N) is 1. The van der Waals surface area contributed by atoms with Gasteiger partial charge in [0.1, 0.15) is 0 Å². The molecule has 0 amide bonds. The second kappa shape index (κ2) is 13.7. The second-order valence-corrected chi connectivity index (χ2v) is 17.1. The Balaban J connectivity index is 0.000000178. The van der Waals surface area contributed by atoms with Gasteiger partial charge >= 0.3 is 0 Å². The molecule has 0 aromatic heterocycles. The van der Waals surface area contributed by atoms with Crippen molar-refractivity contribution in [1.82, 2.24) is 5.32 Å². The van der Waals surface area contributed by atoms with Crippen LogP contribution in [0, 0.1) is 0 Å². The highest BCUT2D eigenvalue weighted by molar-refractivity contribution is 9.11. The highest BCUT2D eigenvalue weighted by atomic mass is 79.9. The van der Waals surface area contributed by atoms with Crippen molar-refractivity contribution in [3.8, 4) is 0 Å². The Morgan fingerprint density at radius 3 is 1.20 bits per heavy atom. The summed E-state index contributed by atoms with van der Waals surface area (Å²) in [5, 5.41) is 3.41. The summed E-state index contributed by atoms with van der Waals surface area (Å²) in [5.41, 5.74) is 8.45. The summed E-state index contributed by atoms with van der Waals surface area (Å²) in [6.45, 7) is 10.7. The average molecular weight is 866 g/mol. The number of anilines is 1. The van der Waals surface area contributed by atoms with Gasteiger partial charge in [0.15, 0.2) is 0 Å². The van der Waals surface area contributed by atoms with Crippen molar-refractivity contribution in [2.45, 2.75) is 37.0 Å². The van der Waals surface area contributed by atoms with Gasteiger partial charge < -0.3 is 10.2 Å². The Bertz CT molecular complexity index is 1720. The molecule has 0 spiro atoms. The van der Waals surface area contributed by atoms with E-state index in [1.165, 1.54) is 33.5 Å². The van der Waals surface area contributed by atoms with Crippen molar-refractivity contribution in [3.05, 3.63) is 167 Å². The number of hydrogen-bond donors (Lipinski definition) is 1. The van der Waals surface area contributed by atoms with E-state index in [0.717, 1.165) is 44.1 Å². The Hall–Kier alpha value is -2.22. The highest BCUT2D eigenvalue weighted by Gasteiger charge is 2.46. The molecule has 0 atom stereocenters. The van der Waals surface area contributed by atoms with Gasteiger partial charge in [-0.15, -0.1) is 0 Å². The lowest BCUT2D eigenvalue weighted by Gasteiger charge is -2.52. The highest BCUT2D eigenvalue weighted by Crippen LogP contribution is 2.44. The third-order valence-corrected chi connectivity index (χ3v) is 11.4. The maximum absolute atomic E-state index is 3.66. The summed E-state index contributed by atoms with van der Waals surface area (Å²) in [6, 6.07) is 43.8. The summed E-state index contributed by atoms with van der Waals surface area (Å²) < 4.78 is 4.54. The molecule has 2 aliphatic heterocycles. The quantitative estimate of drug-likeness (QED) is 0.189. The van der Waals surface area contributed by atoms with Gasteiger partial charge in [0.25, 0.3) is 0 Å². The Kier molecular flexibility index (Phi) is 10.0. The molecule has 7 rings (SSSR count). The van der Waals surface area contributed by atoms with E-state index < -0.39 is 0 Å². The maximum Gasteiger partial charge on any atom is 0.0553 e. The van der Waals surface area contributed by atoms with Crippen LogP contribution in [0.5, 0.6) is 0 Å². The zero-order valence-corrected chi connectivity index (χ0v) is 32.7. The predicted octanol–water partition coefficient (Wildman–Crippen LogP) is 11.4. The molecule has 6 heteroatoms. The summed E-state index contributed by atoms with van der Waals surface area (Å²) in [7, 11) is 0. The molecule has 0 radical (unpaired) electrons. The third-order valence-electron chi connectivity index (χ3n) is 9.38. The molecule has 5 aromatic carbocycles. The maximum atomic E-state index is 3.66. The number of benzene rings is 5. The largest absolute Gasteiger partial charge is 0.369 e. The van der Waals surface area contributed by atoms with Crippen molar-refractivity contribution in [2.24, 2.45) is 0 Å². The molecule has 5 aromatic rings. The number of halogens is 4. The summed E-state index contributed by atoms with van der Waals surface area (Å²) >= 11 is 14.4. The predicted molar refractivity (Wildman–Crippen MR) is 208 cm³/mol. The van der Waals surface area contributed by atoms with Crippen LogP contribution in [0.2, 0.25) is 0 Å². The minimum Gasteiger partial charge on any atom is -0.369 e. The minimum absolute atomic E-state index is 0.0102. The Labute approximate surface area is 307 Å². The van der Waals surface area contributed by atoms with Crippen LogP contribution in [-0.4, -0.2) is 26.2 Å². The van der Waals surface area contributed by atoms with E-state index in [4.69, 9.17) is 0 Å². The van der Waals surface area contributed by atoms with Crippen molar-refractivity contribution in [3.63, 3.8) is 0 Å². The van der Waals surface area contributed by atoms with E-state index >= 15 is 0 Å². The SMILES string of the molecule is Brc1cccc(C2(c3cccc(Br)c3)CNC2)c1.CC(C)(C)c1ccc(N2CC(c3cccc(Br)c3)(c3cccc(Br)c3)C2)cc1. The molecule has 1 N–H and O–H groups in total. The van der Waals surface area contributed by atoms with Crippen molar-refractivity contribution >= 4 is 69.4 Å². The molecule has 46 heavy (non-hydrogen) atoms. The van der Waals surface area contributed by atoms with Crippen LogP contribution in [-0.2, 0) is 16.2 Å². The first kappa shape index (κ1) is 33.7. The molecule has 236 valence electrons. The molecule has 0 bridgehead atoms. The van der Waals surface area contributed by atoms with Gasteiger partial charge in [-0.3, -0.25) is 0 Å². The Morgan fingerprint density at radius 1 is 0.522 bits per heavy atom. The lowest BCUT2D eigenvalue weighted by molar-refractivity contribution is 0.334. The van der Waals surface area contributed by atoms with Crippen molar-refractivity contribution in [1.29, 1.82) is 0 Å². The third kappa shape index (κ3) is 6.98. The first-order valence-corrected chi connectivity index (χ1v) is 18.8.